The lowest BCUT2D eigenvalue weighted by molar-refractivity contribution is 0.214. The molecule has 2 aromatic carbocycles. The summed E-state index contributed by atoms with van der Waals surface area (Å²) in [6.45, 7) is 0. The van der Waals surface area contributed by atoms with E-state index in [-0.39, 0.29) is 12.1 Å². The molecule has 0 saturated carbocycles. The number of ether oxygens (including phenoxy) is 2. The second kappa shape index (κ2) is 4.31. The molecule has 0 saturated heterocycles. The lowest BCUT2D eigenvalue weighted by atomic mass is 10.0. The van der Waals surface area contributed by atoms with Crippen LogP contribution in [-0.2, 0) is 0 Å². The molecule has 0 N–H and O–H groups in total. The van der Waals surface area contributed by atoms with Crippen molar-refractivity contribution in [1.82, 2.24) is 0 Å². The summed E-state index contributed by atoms with van der Waals surface area (Å²) in [4.78, 5) is 9.39. The van der Waals surface area contributed by atoms with Gasteiger partial charge in [-0.3, -0.25) is 4.99 Å². The van der Waals surface area contributed by atoms with Crippen LogP contribution in [0.2, 0.25) is 0 Å². The molecule has 0 bridgehead atoms. The molecular weight excluding hydrogens is 276 g/mol. The summed E-state index contributed by atoms with van der Waals surface area (Å²) in [5.41, 5.74) is 0.834. The number of fused-ring (bicyclic) bond motifs is 4. The molecule has 2 aliphatic heterocycles. The highest BCUT2D eigenvalue weighted by Crippen LogP contribution is 2.33. The summed E-state index contributed by atoms with van der Waals surface area (Å²) in [6, 6.07) is 11.6. The Morgan fingerprint density at radius 2 is 1.73 bits per heavy atom. The summed E-state index contributed by atoms with van der Waals surface area (Å²) in [5, 5.41) is 1.59. The third-order valence-corrected chi connectivity index (χ3v) is 3.97. The predicted molar refractivity (Wildman–Crippen MR) is 81.4 cm³/mol. The molecule has 0 spiro atoms. The van der Waals surface area contributed by atoms with Crippen LogP contribution < -0.4 is 20.2 Å². The zero-order valence-corrected chi connectivity index (χ0v) is 11.6. The Kier molecular flexibility index (Phi) is 2.30. The van der Waals surface area contributed by atoms with Crippen LogP contribution in [0.3, 0.4) is 0 Å². The van der Waals surface area contributed by atoms with E-state index in [0.29, 0.717) is 0 Å². The zero-order valence-electron chi connectivity index (χ0n) is 11.6. The molecule has 2 unspecified atom stereocenters. The van der Waals surface area contributed by atoms with Crippen LogP contribution in [0.1, 0.15) is 0 Å². The molecular formula is C18H12N2O2. The minimum Gasteiger partial charge on any atom is -0.481 e. The van der Waals surface area contributed by atoms with E-state index in [0.717, 1.165) is 33.7 Å². The van der Waals surface area contributed by atoms with Gasteiger partial charge < -0.3 is 9.47 Å². The molecule has 3 aliphatic rings. The third kappa shape index (κ3) is 1.70. The van der Waals surface area contributed by atoms with E-state index in [2.05, 4.69) is 4.99 Å². The van der Waals surface area contributed by atoms with Crippen LogP contribution in [-0.4, -0.2) is 12.1 Å². The van der Waals surface area contributed by atoms with Gasteiger partial charge in [0.05, 0.1) is 0 Å². The summed E-state index contributed by atoms with van der Waals surface area (Å²) >= 11 is 0. The first-order chi connectivity index (χ1) is 10.9. The van der Waals surface area contributed by atoms with E-state index in [9.17, 15) is 0 Å². The monoisotopic (exact) mass is 288 g/mol. The van der Waals surface area contributed by atoms with E-state index in [1.807, 2.05) is 60.7 Å². The number of para-hydroxylation sites is 2. The van der Waals surface area contributed by atoms with Crippen LogP contribution in [0.25, 0.3) is 0 Å². The van der Waals surface area contributed by atoms with Crippen molar-refractivity contribution >= 4 is 5.69 Å². The van der Waals surface area contributed by atoms with Gasteiger partial charge in [-0.1, -0.05) is 30.4 Å². The van der Waals surface area contributed by atoms with E-state index in [4.69, 9.17) is 14.5 Å². The summed E-state index contributed by atoms with van der Waals surface area (Å²) in [6.07, 6.45) is 8.03. The topological polar surface area (TPSA) is 43.2 Å². The van der Waals surface area contributed by atoms with Crippen molar-refractivity contribution < 1.29 is 9.47 Å². The summed E-state index contributed by atoms with van der Waals surface area (Å²) < 4.78 is 12.0. The highest BCUT2D eigenvalue weighted by molar-refractivity contribution is 5.56. The lowest BCUT2D eigenvalue weighted by Crippen LogP contribution is -2.37. The molecule has 0 fully saturated rings. The van der Waals surface area contributed by atoms with Crippen molar-refractivity contribution in [3.8, 4) is 17.2 Å². The molecule has 0 amide bonds. The molecule has 0 aromatic heterocycles. The molecule has 106 valence electrons. The van der Waals surface area contributed by atoms with Crippen molar-refractivity contribution in [3.05, 3.63) is 71.4 Å². The van der Waals surface area contributed by atoms with Gasteiger partial charge in [-0.2, -0.15) is 0 Å². The molecule has 2 atom stereocenters. The number of benzene rings is 2. The van der Waals surface area contributed by atoms with Gasteiger partial charge in [0.25, 0.3) is 0 Å². The van der Waals surface area contributed by atoms with Crippen LogP contribution in [0.15, 0.2) is 70.7 Å². The van der Waals surface area contributed by atoms with Gasteiger partial charge in [0.2, 0.25) is 0 Å². The largest absolute Gasteiger partial charge is 0.481 e. The Hall–Kier alpha value is -2.88. The van der Waals surface area contributed by atoms with Crippen molar-refractivity contribution in [1.29, 1.82) is 0 Å². The minimum absolute atomic E-state index is 0.0309. The third-order valence-electron chi connectivity index (χ3n) is 3.97. The van der Waals surface area contributed by atoms with Gasteiger partial charge in [0.15, 0.2) is 11.5 Å². The molecule has 2 heterocycles. The van der Waals surface area contributed by atoms with Crippen molar-refractivity contribution in [2.45, 2.75) is 12.1 Å². The molecule has 5 rings (SSSR count). The van der Waals surface area contributed by atoms with E-state index in [1.165, 1.54) is 0 Å². The lowest BCUT2D eigenvalue weighted by Gasteiger charge is -2.26. The first-order valence-electron chi connectivity index (χ1n) is 7.26. The SMILES string of the molecule is C1=CC2N=c3cc4c(cc3OC2C=C1)=Nc1ccccc1O4. The van der Waals surface area contributed by atoms with E-state index >= 15 is 0 Å². The highest BCUT2D eigenvalue weighted by Gasteiger charge is 2.25. The van der Waals surface area contributed by atoms with Crippen molar-refractivity contribution in [2.24, 2.45) is 9.98 Å². The normalized spacial score (nSPS) is 22.7. The Morgan fingerprint density at radius 3 is 2.73 bits per heavy atom. The van der Waals surface area contributed by atoms with Gasteiger partial charge in [0, 0.05) is 12.1 Å². The van der Waals surface area contributed by atoms with Crippen LogP contribution in [0.5, 0.6) is 17.2 Å². The summed E-state index contributed by atoms with van der Waals surface area (Å²) in [5.74, 6) is 2.25. The van der Waals surface area contributed by atoms with Gasteiger partial charge >= 0.3 is 0 Å². The fourth-order valence-corrected chi connectivity index (χ4v) is 2.89. The molecule has 2 aromatic rings. The first-order valence-corrected chi connectivity index (χ1v) is 7.26. The Morgan fingerprint density at radius 1 is 0.864 bits per heavy atom. The smallest absolute Gasteiger partial charge is 0.155 e. The fraction of sp³-hybridized carbons (Fsp3) is 0.111. The molecule has 22 heavy (non-hydrogen) atoms. The predicted octanol–water partition coefficient (Wildman–Crippen LogP) is 2.62. The highest BCUT2D eigenvalue weighted by atomic mass is 16.5. The molecule has 4 nitrogen and oxygen atoms in total. The van der Waals surface area contributed by atoms with E-state index in [1.54, 1.807) is 0 Å². The van der Waals surface area contributed by atoms with Crippen LogP contribution >= 0.6 is 0 Å². The van der Waals surface area contributed by atoms with Gasteiger partial charge in [-0.25, -0.2) is 4.99 Å². The number of nitrogens with zero attached hydrogens (tertiary/aromatic N) is 2. The molecule has 4 heteroatoms. The maximum atomic E-state index is 6.04. The average Bonchev–Trinajstić information content (AvgIpc) is 2.56. The van der Waals surface area contributed by atoms with Gasteiger partial charge in [0.1, 0.15) is 34.3 Å². The minimum atomic E-state index is -0.0349. The van der Waals surface area contributed by atoms with Crippen LogP contribution in [0.4, 0.5) is 5.69 Å². The van der Waals surface area contributed by atoms with Gasteiger partial charge in [-0.05, 0) is 18.2 Å². The number of rotatable bonds is 0. The quantitative estimate of drug-likeness (QED) is 0.638. The Bertz CT molecular complexity index is 960. The van der Waals surface area contributed by atoms with Crippen LogP contribution in [0, 0.1) is 0 Å². The fourth-order valence-electron chi connectivity index (χ4n) is 2.89. The zero-order chi connectivity index (χ0) is 14.5. The summed E-state index contributed by atoms with van der Waals surface area (Å²) in [7, 11) is 0. The van der Waals surface area contributed by atoms with E-state index < -0.39 is 0 Å². The second-order valence-electron chi connectivity index (χ2n) is 5.44. The number of hydrogen-bond donors (Lipinski definition) is 0. The van der Waals surface area contributed by atoms with Crippen molar-refractivity contribution in [3.63, 3.8) is 0 Å². The first kappa shape index (κ1) is 11.7. The van der Waals surface area contributed by atoms with Crippen molar-refractivity contribution in [2.75, 3.05) is 0 Å². The Labute approximate surface area is 126 Å². The Balaban J connectivity index is 1.71. The molecule has 1 aliphatic carbocycles. The standard InChI is InChI=1S/C18H12N2O2/c1-3-7-15-11(5-1)19-13-9-18-14(10-17(13)21-15)20-12-6-2-4-8-16(12)22-18/h1-11,15H. The second-order valence-corrected chi connectivity index (χ2v) is 5.44. The average molecular weight is 288 g/mol. The number of allylic oxidation sites excluding steroid dienone is 2. The maximum Gasteiger partial charge on any atom is 0.155 e. The maximum absolute atomic E-state index is 6.04. The van der Waals surface area contributed by atoms with Gasteiger partial charge in [-0.15, -0.1) is 0 Å². The number of hydrogen-bond acceptors (Lipinski definition) is 4. The molecule has 0 radical (unpaired) electrons.